The predicted molar refractivity (Wildman–Crippen MR) is 65.3 cm³/mol. The van der Waals surface area contributed by atoms with Crippen molar-refractivity contribution in [2.45, 2.75) is 0 Å². The lowest BCUT2D eigenvalue weighted by Gasteiger charge is -1.96. The van der Waals surface area contributed by atoms with E-state index in [1.54, 1.807) is 6.07 Å². The van der Waals surface area contributed by atoms with Gasteiger partial charge in [0.25, 0.3) is 5.52 Å². The van der Waals surface area contributed by atoms with Crippen LogP contribution in [0.3, 0.4) is 0 Å². The summed E-state index contributed by atoms with van der Waals surface area (Å²) in [6.07, 6.45) is 1.92. The second-order valence-corrected chi connectivity index (χ2v) is 4.62. The Kier molecular flexibility index (Phi) is 4.60. The fourth-order valence-electron chi connectivity index (χ4n) is 1.42. The monoisotopic (exact) mass is 272 g/mol. The van der Waals surface area contributed by atoms with Crippen molar-refractivity contribution >= 4 is 21.3 Å². The summed E-state index contributed by atoms with van der Waals surface area (Å²) in [5.41, 5.74) is 0.875. The zero-order chi connectivity index (χ0) is 13.8. The molecule has 0 atom stereocenters. The molecular formula is C11H14NO5S+. The second kappa shape index (κ2) is 5.76. The van der Waals surface area contributed by atoms with Crippen LogP contribution in [0.15, 0.2) is 36.5 Å². The summed E-state index contributed by atoms with van der Waals surface area (Å²) in [7, 11) is -1.37. The first-order valence-electron chi connectivity index (χ1n) is 4.94. The smallest absolute Gasteiger partial charge is 0.397 e. The summed E-state index contributed by atoms with van der Waals surface area (Å²) in [5.74, 6) is 0.329. The highest BCUT2D eigenvalue weighted by Crippen LogP contribution is 2.19. The Morgan fingerprint density at radius 3 is 2.28 bits per heavy atom. The average molecular weight is 272 g/mol. The maximum Gasteiger partial charge on any atom is 0.397 e. The first-order valence-corrected chi connectivity index (χ1v) is 6.31. The molecule has 2 N–H and O–H groups in total. The van der Waals surface area contributed by atoms with E-state index in [0.29, 0.717) is 5.75 Å². The molecule has 1 aromatic heterocycles. The first kappa shape index (κ1) is 14.4. The van der Waals surface area contributed by atoms with Crippen LogP contribution in [0.1, 0.15) is 0 Å². The number of phenolic OH excluding ortho intramolecular Hbond substituents is 1. The van der Waals surface area contributed by atoms with E-state index < -0.39 is 10.4 Å². The van der Waals surface area contributed by atoms with Gasteiger partial charge in [-0.05, 0) is 18.2 Å². The zero-order valence-electron chi connectivity index (χ0n) is 9.94. The van der Waals surface area contributed by atoms with Gasteiger partial charge in [-0.25, -0.2) is 0 Å². The molecule has 0 aliphatic rings. The number of fused-ring (bicyclic) bond motifs is 1. The second-order valence-electron chi connectivity index (χ2n) is 3.43. The molecule has 1 heterocycles. The minimum absolute atomic E-state index is 0.329. The van der Waals surface area contributed by atoms with Crippen LogP contribution in [0.2, 0.25) is 0 Å². The third kappa shape index (κ3) is 3.95. The molecular weight excluding hydrogens is 258 g/mol. The molecule has 18 heavy (non-hydrogen) atoms. The third-order valence-corrected chi connectivity index (χ3v) is 2.62. The van der Waals surface area contributed by atoms with E-state index in [2.05, 4.69) is 4.18 Å². The van der Waals surface area contributed by atoms with Crippen molar-refractivity contribution in [3.05, 3.63) is 36.5 Å². The van der Waals surface area contributed by atoms with Gasteiger partial charge in [0, 0.05) is 6.07 Å². The first-order chi connectivity index (χ1) is 8.35. The van der Waals surface area contributed by atoms with E-state index in [4.69, 9.17) is 4.55 Å². The van der Waals surface area contributed by atoms with Crippen LogP contribution in [-0.2, 0) is 21.6 Å². The molecule has 98 valence electrons. The predicted octanol–water partition coefficient (Wildman–Crippen LogP) is 0.806. The molecule has 0 aliphatic carbocycles. The van der Waals surface area contributed by atoms with Gasteiger partial charge in [0.05, 0.1) is 12.5 Å². The molecule has 0 saturated heterocycles. The quantitative estimate of drug-likeness (QED) is 0.592. The fourth-order valence-corrected chi connectivity index (χ4v) is 1.42. The molecule has 6 nitrogen and oxygen atoms in total. The van der Waals surface area contributed by atoms with Crippen molar-refractivity contribution in [2.24, 2.45) is 7.05 Å². The topological polar surface area (TPSA) is 87.7 Å². The molecule has 2 rings (SSSR count). The lowest BCUT2D eigenvalue weighted by atomic mass is 10.2. The number of benzene rings is 1. The lowest BCUT2D eigenvalue weighted by molar-refractivity contribution is -0.645. The minimum atomic E-state index is -4.16. The molecule has 2 aromatic rings. The largest absolute Gasteiger partial charge is 0.502 e. The maximum atomic E-state index is 9.53. The summed E-state index contributed by atoms with van der Waals surface area (Å²) in [6, 6.07) is 9.46. The third-order valence-electron chi connectivity index (χ3n) is 2.19. The maximum absolute atomic E-state index is 9.53. The van der Waals surface area contributed by atoms with Crippen LogP contribution < -0.4 is 4.57 Å². The van der Waals surface area contributed by atoms with Crippen molar-refractivity contribution in [1.29, 1.82) is 0 Å². The number of rotatable bonds is 1. The van der Waals surface area contributed by atoms with Gasteiger partial charge in [0.15, 0.2) is 11.9 Å². The summed E-state index contributed by atoms with van der Waals surface area (Å²) >= 11 is 0. The van der Waals surface area contributed by atoms with Crippen LogP contribution in [0.4, 0.5) is 0 Å². The van der Waals surface area contributed by atoms with Crippen molar-refractivity contribution in [2.75, 3.05) is 7.11 Å². The summed E-state index contributed by atoms with van der Waals surface area (Å²) in [6.45, 7) is 0. The number of hydrogen-bond acceptors (Lipinski definition) is 4. The molecule has 7 heteroatoms. The van der Waals surface area contributed by atoms with Crippen LogP contribution in [0.25, 0.3) is 10.9 Å². The molecule has 0 spiro atoms. The number of hydrogen-bond donors (Lipinski definition) is 2. The van der Waals surface area contributed by atoms with E-state index in [9.17, 15) is 13.5 Å². The highest BCUT2D eigenvalue weighted by molar-refractivity contribution is 7.80. The van der Waals surface area contributed by atoms with Gasteiger partial charge in [0.1, 0.15) is 7.05 Å². The van der Waals surface area contributed by atoms with Gasteiger partial charge in [-0.2, -0.15) is 13.0 Å². The van der Waals surface area contributed by atoms with Crippen LogP contribution in [0, 0.1) is 0 Å². The number of aromatic nitrogens is 1. The molecule has 0 saturated carbocycles. The minimum Gasteiger partial charge on any atom is -0.502 e. The van der Waals surface area contributed by atoms with E-state index in [1.165, 1.54) is 0 Å². The van der Waals surface area contributed by atoms with E-state index in [0.717, 1.165) is 18.0 Å². The molecule has 0 fully saturated rings. The molecule has 0 unspecified atom stereocenters. The normalized spacial score (nSPS) is 10.8. The van der Waals surface area contributed by atoms with Crippen molar-refractivity contribution < 1.29 is 26.8 Å². The molecule has 0 aliphatic heterocycles. The average Bonchev–Trinajstić information content (AvgIpc) is 2.29. The summed E-state index contributed by atoms with van der Waals surface area (Å²) < 4.78 is 31.6. The Morgan fingerprint density at radius 2 is 1.78 bits per heavy atom. The van der Waals surface area contributed by atoms with E-state index in [-0.39, 0.29) is 0 Å². The van der Waals surface area contributed by atoms with Crippen molar-refractivity contribution in [3.8, 4) is 5.75 Å². The molecule has 0 amide bonds. The molecule has 0 radical (unpaired) electrons. The molecule has 1 aromatic carbocycles. The summed E-state index contributed by atoms with van der Waals surface area (Å²) in [5, 5.41) is 10.6. The molecule has 0 bridgehead atoms. The zero-order valence-corrected chi connectivity index (χ0v) is 10.8. The number of pyridine rings is 1. The van der Waals surface area contributed by atoms with E-state index >= 15 is 0 Å². The number of phenols is 1. The van der Waals surface area contributed by atoms with E-state index in [1.807, 2.05) is 42.1 Å². The summed E-state index contributed by atoms with van der Waals surface area (Å²) in [4.78, 5) is 0. The highest BCUT2D eigenvalue weighted by Gasteiger charge is 2.07. The van der Waals surface area contributed by atoms with Crippen LogP contribution in [0.5, 0.6) is 5.75 Å². The lowest BCUT2D eigenvalue weighted by Crippen LogP contribution is -2.27. The van der Waals surface area contributed by atoms with Gasteiger partial charge >= 0.3 is 10.4 Å². The number of para-hydroxylation sites is 1. The number of nitrogens with zero attached hydrogens (tertiary/aromatic N) is 1. The van der Waals surface area contributed by atoms with Crippen LogP contribution >= 0.6 is 0 Å². The Balaban J connectivity index is 0.000000232. The van der Waals surface area contributed by atoms with Gasteiger partial charge in [0.2, 0.25) is 0 Å². The van der Waals surface area contributed by atoms with Crippen LogP contribution in [-0.4, -0.2) is 25.2 Å². The van der Waals surface area contributed by atoms with Gasteiger partial charge < -0.3 is 5.11 Å². The highest BCUT2D eigenvalue weighted by atomic mass is 32.3. The van der Waals surface area contributed by atoms with Gasteiger partial charge in [-0.1, -0.05) is 6.07 Å². The fraction of sp³-hybridized carbons (Fsp3) is 0.182. The number of aromatic hydroxyl groups is 1. The standard InChI is InChI=1S/C10H9NO.CH4O4S/c1-11-7-3-5-8-4-2-6-9(12)10(8)11;1-5-6(2,3)4/h2-7H,1H3;1H3,(H,2,3,4)/p+1. The van der Waals surface area contributed by atoms with Gasteiger partial charge in [-0.3, -0.25) is 8.74 Å². The Labute approximate surface area is 105 Å². The van der Waals surface area contributed by atoms with Crippen molar-refractivity contribution in [1.82, 2.24) is 0 Å². The van der Waals surface area contributed by atoms with Gasteiger partial charge in [-0.15, -0.1) is 0 Å². The Hall–Kier alpha value is -1.70. The number of aryl methyl sites for hydroxylation is 1. The Bertz CT molecular complexity index is 602. The SMILES string of the molecule is COS(=O)(=O)O.C[n+]1cccc2cccc(O)c21. The Morgan fingerprint density at radius 1 is 1.22 bits per heavy atom. The van der Waals surface area contributed by atoms with Crippen molar-refractivity contribution in [3.63, 3.8) is 0 Å².